The maximum Gasteiger partial charge on any atom is 0.416 e. The minimum Gasteiger partial charge on any atom is -0.395 e. The Hall–Kier alpha value is -3.06. The van der Waals surface area contributed by atoms with Crippen LogP contribution in [0.2, 0.25) is 0 Å². The molecule has 5 rings (SSSR count). The van der Waals surface area contributed by atoms with Gasteiger partial charge in [0.1, 0.15) is 0 Å². The van der Waals surface area contributed by atoms with Crippen molar-refractivity contribution >= 4 is 37.8 Å². The van der Waals surface area contributed by atoms with Gasteiger partial charge in [0.15, 0.2) is 5.17 Å². The van der Waals surface area contributed by atoms with Gasteiger partial charge in [0.2, 0.25) is 0 Å². The average Bonchev–Trinajstić information content (AvgIpc) is 3.45. The molecule has 39 heavy (non-hydrogen) atoms. The molecule has 2 aromatic carbocycles. The van der Waals surface area contributed by atoms with Crippen LogP contribution >= 0.6 is 10.5 Å². The van der Waals surface area contributed by atoms with Gasteiger partial charge in [-0.1, -0.05) is 18.2 Å². The van der Waals surface area contributed by atoms with Crippen LogP contribution in [0, 0.1) is 0 Å². The smallest absolute Gasteiger partial charge is 0.395 e. The second-order valence-corrected chi connectivity index (χ2v) is 12.1. The molecule has 2 atom stereocenters. The van der Waals surface area contributed by atoms with Gasteiger partial charge < -0.3 is 20.4 Å². The molecule has 1 aromatic heterocycles. The molecule has 1 unspecified atom stereocenters. The Balaban J connectivity index is 1.42. The third kappa shape index (κ3) is 5.93. The summed E-state index contributed by atoms with van der Waals surface area (Å²) in [5.74, 6) is 0.120. The van der Waals surface area contributed by atoms with Gasteiger partial charge in [-0.25, -0.2) is 0 Å². The summed E-state index contributed by atoms with van der Waals surface area (Å²) in [6.45, 7) is 4.78. The van der Waals surface area contributed by atoms with E-state index in [1.807, 2.05) is 23.6 Å². The monoisotopic (exact) mass is 561 g/mol. The van der Waals surface area contributed by atoms with Crippen molar-refractivity contribution in [2.45, 2.75) is 38.2 Å². The second kappa shape index (κ2) is 10.5. The topological polar surface area (TPSA) is 103 Å². The lowest BCUT2D eigenvalue weighted by Crippen LogP contribution is -2.53. The SMILES string of the molecule is CC(C)(O)c1ccc(Cn2ncc3cc(C=S4CC(=O)N=C4N4CCN[C@@H](CO)C4)ccc32)c(C(F)(F)F)c1. The molecule has 3 aromatic rings. The van der Waals surface area contributed by atoms with Crippen LogP contribution in [0.4, 0.5) is 13.2 Å². The Labute approximate surface area is 226 Å². The molecule has 2 aliphatic rings. The van der Waals surface area contributed by atoms with Crippen LogP contribution in [0.1, 0.15) is 36.1 Å². The van der Waals surface area contributed by atoms with Crippen molar-refractivity contribution in [2.24, 2.45) is 4.99 Å². The summed E-state index contributed by atoms with van der Waals surface area (Å²) >= 11 is 0. The molecule has 8 nitrogen and oxygen atoms in total. The second-order valence-electron chi connectivity index (χ2n) is 10.3. The summed E-state index contributed by atoms with van der Waals surface area (Å²) in [6.07, 6.45) is -2.96. The van der Waals surface area contributed by atoms with Gasteiger partial charge in [0.05, 0.1) is 41.8 Å². The Morgan fingerprint density at radius 3 is 2.72 bits per heavy atom. The summed E-state index contributed by atoms with van der Waals surface area (Å²) in [7, 11) is -0.532. The fourth-order valence-corrected chi connectivity index (χ4v) is 6.68. The lowest BCUT2D eigenvalue weighted by Gasteiger charge is -2.34. The highest BCUT2D eigenvalue weighted by molar-refractivity contribution is 8.28. The number of aliphatic imine (C=N–C) groups is 1. The molecule has 208 valence electrons. The highest BCUT2D eigenvalue weighted by atomic mass is 32.2. The molecule has 0 spiro atoms. The zero-order chi connectivity index (χ0) is 27.9. The first-order chi connectivity index (χ1) is 18.4. The minimum absolute atomic E-state index is 0.00387. The number of carbonyl (C=O) groups is 1. The third-order valence-electron chi connectivity index (χ3n) is 6.87. The molecule has 0 saturated carbocycles. The Morgan fingerprint density at radius 1 is 1.21 bits per heavy atom. The summed E-state index contributed by atoms with van der Waals surface area (Å²) < 4.78 is 43.1. The van der Waals surface area contributed by atoms with Crippen LogP contribution in [0.3, 0.4) is 0 Å². The van der Waals surface area contributed by atoms with E-state index < -0.39 is 27.8 Å². The number of amidine groups is 1. The van der Waals surface area contributed by atoms with Crippen LogP contribution < -0.4 is 5.32 Å². The van der Waals surface area contributed by atoms with E-state index in [-0.39, 0.29) is 36.2 Å². The first-order valence-corrected chi connectivity index (χ1v) is 14.0. The third-order valence-corrected chi connectivity index (χ3v) is 8.80. The predicted octanol–water partition coefficient (Wildman–Crippen LogP) is 2.91. The van der Waals surface area contributed by atoms with E-state index in [1.54, 1.807) is 6.20 Å². The summed E-state index contributed by atoms with van der Waals surface area (Å²) in [6, 6.07) is 9.41. The lowest BCUT2D eigenvalue weighted by molar-refractivity contribution is -0.138. The van der Waals surface area contributed by atoms with Crippen LogP contribution in [-0.2, 0) is 23.1 Å². The predicted molar refractivity (Wildman–Crippen MR) is 146 cm³/mol. The number of aliphatic hydroxyl groups is 2. The number of alkyl halides is 3. The molecular weight excluding hydrogens is 531 g/mol. The average molecular weight is 562 g/mol. The van der Waals surface area contributed by atoms with Crippen LogP contribution in [0.25, 0.3) is 10.9 Å². The van der Waals surface area contributed by atoms with Crippen molar-refractivity contribution in [2.75, 3.05) is 32.0 Å². The van der Waals surface area contributed by atoms with Gasteiger partial charge in [0.25, 0.3) is 5.91 Å². The standard InChI is InChI=1S/C27H30F3N5O3S/c1-26(2,38)20-5-4-18(22(10-20)27(28,29)30)12-35-23-6-3-17(9-19(23)11-32-35)15-39-16-24(37)33-25(39)34-8-7-31-21(13-34)14-36/h3-6,9-11,15,21,31,36,38H,7-8,12-14,16H2,1-2H3/t21-,39?/m1/s1. The Morgan fingerprint density at radius 2 is 2.00 bits per heavy atom. The van der Waals surface area contributed by atoms with E-state index in [9.17, 15) is 28.2 Å². The maximum atomic E-state index is 13.9. The summed E-state index contributed by atoms with van der Waals surface area (Å²) in [4.78, 5) is 18.5. The van der Waals surface area contributed by atoms with E-state index in [0.717, 1.165) is 22.2 Å². The summed E-state index contributed by atoms with van der Waals surface area (Å²) in [5, 5.41) is 30.8. The fourth-order valence-electron chi connectivity index (χ4n) is 4.84. The first kappa shape index (κ1) is 27.5. The number of aliphatic hydroxyl groups excluding tert-OH is 1. The number of benzene rings is 2. The number of halogens is 3. The number of aromatic nitrogens is 2. The van der Waals surface area contributed by atoms with Gasteiger partial charge in [-0.05, 0) is 54.1 Å². The number of hydrogen-bond donors (Lipinski definition) is 3. The van der Waals surface area contributed by atoms with Gasteiger partial charge >= 0.3 is 6.18 Å². The molecule has 1 saturated heterocycles. The number of fused-ring (bicyclic) bond motifs is 1. The van der Waals surface area contributed by atoms with E-state index in [4.69, 9.17) is 0 Å². The molecule has 3 heterocycles. The van der Waals surface area contributed by atoms with Gasteiger partial charge in [0, 0.05) is 31.1 Å². The van der Waals surface area contributed by atoms with Crippen LogP contribution in [0.5, 0.6) is 0 Å². The molecule has 1 fully saturated rings. The van der Waals surface area contributed by atoms with Crippen molar-refractivity contribution in [1.29, 1.82) is 0 Å². The van der Waals surface area contributed by atoms with E-state index in [1.165, 1.54) is 30.7 Å². The van der Waals surface area contributed by atoms with Crippen molar-refractivity contribution < 1.29 is 28.2 Å². The number of carbonyl (C=O) groups excluding carboxylic acids is 1. The molecule has 0 aliphatic carbocycles. The molecule has 2 aliphatic heterocycles. The van der Waals surface area contributed by atoms with Crippen molar-refractivity contribution in [3.05, 3.63) is 64.8 Å². The molecule has 1 amide bonds. The minimum atomic E-state index is -4.58. The zero-order valence-electron chi connectivity index (χ0n) is 21.6. The van der Waals surface area contributed by atoms with E-state index in [2.05, 4.69) is 20.3 Å². The molecule has 12 heteroatoms. The molecule has 0 radical (unpaired) electrons. The molecule has 3 N–H and O–H groups in total. The number of nitrogens with one attached hydrogen (secondary N) is 1. The van der Waals surface area contributed by atoms with Gasteiger partial charge in [-0.2, -0.15) is 23.3 Å². The van der Waals surface area contributed by atoms with Crippen molar-refractivity contribution in [3.8, 4) is 0 Å². The van der Waals surface area contributed by atoms with Crippen LogP contribution in [0.15, 0.2) is 47.6 Å². The molecular formula is C27H30F3N5O3S. The number of rotatable bonds is 5. The number of nitrogens with zero attached hydrogens (tertiary/aromatic N) is 4. The van der Waals surface area contributed by atoms with Crippen LogP contribution in [-0.4, -0.2) is 79.4 Å². The van der Waals surface area contributed by atoms with E-state index >= 15 is 0 Å². The Kier molecular flexibility index (Phi) is 7.40. The number of piperazine rings is 1. The zero-order valence-corrected chi connectivity index (χ0v) is 22.4. The van der Waals surface area contributed by atoms with Gasteiger partial charge in [-0.3, -0.25) is 9.48 Å². The van der Waals surface area contributed by atoms with E-state index in [0.29, 0.717) is 30.9 Å². The highest BCUT2D eigenvalue weighted by Gasteiger charge is 2.35. The number of amides is 1. The quantitative estimate of drug-likeness (QED) is 0.414. The number of hydrogen-bond acceptors (Lipinski definition) is 6. The maximum absolute atomic E-state index is 13.9. The van der Waals surface area contributed by atoms with Crippen molar-refractivity contribution in [1.82, 2.24) is 20.0 Å². The largest absolute Gasteiger partial charge is 0.416 e. The first-order valence-electron chi connectivity index (χ1n) is 12.6. The normalized spacial score (nSPS) is 20.7. The molecule has 0 bridgehead atoms. The fraction of sp³-hybridized carbons (Fsp3) is 0.407. The Bertz CT molecular complexity index is 1480. The summed E-state index contributed by atoms with van der Waals surface area (Å²) in [5.41, 5.74) is -0.409. The highest BCUT2D eigenvalue weighted by Crippen LogP contribution is 2.35. The van der Waals surface area contributed by atoms with Crippen molar-refractivity contribution in [3.63, 3.8) is 0 Å². The van der Waals surface area contributed by atoms with Gasteiger partial charge in [-0.15, -0.1) is 10.5 Å². The lowest BCUT2D eigenvalue weighted by atomic mass is 9.93.